The lowest BCUT2D eigenvalue weighted by Crippen LogP contribution is -2.63. The Kier molecular flexibility index (Phi) is 3.97. The maximum atomic E-state index is 11.3. The van der Waals surface area contributed by atoms with E-state index in [4.69, 9.17) is 0 Å². The molecule has 0 spiro atoms. The molecular formula is C11H10N6O4. The Labute approximate surface area is 117 Å². The maximum Gasteiger partial charge on any atom is 0.313 e. The van der Waals surface area contributed by atoms with Crippen molar-refractivity contribution < 1.29 is 15.1 Å². The molecule has 0 saturated carbocycles. The summed E-state index contributed by atoms with van der Waals surface area (Å²) in [5.41, 5.74) is -0.196. The zero-order chi connectivity index (χ0) is 15.4. The van der Waals surface area contributed by atoms with Crippen molar-refractivity contribution in [3.8, 4) is 5.75 Å². The third-order valence-electron chi connectivity index (χ3n) is 2.54. The van der Waals surface area contributed by atoms with Crippen molar-refractivity contribution in [2.24, 2.45) is 5.11 Å². The van der Waals surface area contributed by atoms with E-state index in [1.807, 2.05) is 0 Å². The second-order valence-corrected chi connectivity index (χ2v) is 4.07. The van der Waals surface area contributed by atoms with Gasteiger partial charge in [-0.2, -0.15) is 0 Å². The Balaban J connectivity index is 2.14. The molecule has 10 nitrogen and oxygen atoms in total. The van der Waals surface area contributed by atoms with Gasteiger partial charge in [-0.05, 0) is 12.7 Å². The molecule has 0 aliphatic carbocycles. The number of hydrogen-bond acceptors (Lipinski definition) is 7. The molecule has 0 bridgehead atoms. The number of benzene rings is 1. The number of rotatable bonds is 4. The highest BCUT2D eigenvalue weighted by Crippen LogP contribution is 2.23. The van der Waals surface area contributed by atoms with Crippen molar-refractivity contribution in [2.45, 2.75) is 13.5 Å². The highest BCUT2D eigenvalue weighted by Gasteiger charge is 2.09. The van der Waals surface area contributed by atoms with Crippen LogP contribution in [-0.2, 0) is 6.54 Å². The Morgan fingerprint density at radius 3 is 2.86 bits per heavy atom. The lowest BCUT2D eigenvalue weighted by atomic mass is 10.2. The molecule has 2 aromatic rings. The number of nitrogens with zero attached hydrogens (tertiary/aromatic N) is 4. The predicted octanol–water partition coefficient (Wildman–Crippen LogP) is -1.18. The summed E-state index contributed by atoms with van der Waals surface area (Å²) < 4.78 is 0. The fourth-order valence-electron chi connectivity index (χ4n) is 1.46. The molecule has 0 fully saturated rings. The van der Waals surface area contributed by atoms with Crippen molar-refractivity contribution in [3.63, 3.8) is 0 Å². The average molecular weight is 290 g/mol. The average Bonchev–Trinajstić information content (AvgIpc) is 2.44. The molecule has 0 amide bonds. The Bertz CT molecular complexity index is 770. The molecule has 1 heterocycles. The van der Waals surface area contributed by atoms with E-state index in [1.54, 1.807) is 0 Å². The molecule has 0 aliphatic heterocycles. The summed E-state index contributed by atoms with van der Waals surface area (Å²) >= 11 is 0. The number of aromatic amines is 1. The Morgan fingerprint density at radius 2 is 2.19 bits per heavy atom. The summed E-state index contributed by atoms with van der Waals surface area (Å²) in [6, 6.07) is 3.72. The number of H-pyrrole nitrogens is 1. The number of nitro benzene ring substituents is 1. The Hall–Kier alpha value is -3.17. The molecule has 2 N–H and O–H groups in total. The van der Waals surface area contributed by atoms with Gasteiger partial charge in [0.25, 0.3) is 11.2 Å². The van der Waals surface area contributed by atoms with Crippen LogP contribution in [0, 0.1) is 17.0 Å². The van der Waals surface area contributed by atoms with Crippen molar-refractivity contribution in [1.82, 2.24) is 15.2 Å². The summed E-state index contributed by atoms with van der Waals surface area (Å²) in [4.78, 5) is 23.6. The normalized spacial score (nSPS) is 10.9. The molecule has 2 rings (SSSR count). The van der Waals surface area contributed by atoms with Gasteiger partial charge in [-0.3, -0.25) is 19.9 Å². The summed E-state index contributed by atoms with van der Waals surface area (Å²) in [5.74, 6) is -0.671. The monoisotopic (exact) mass is 290 g/mol. The van der Waals surface area contributed by atoms with Crippen LogP contribution < -0.4 is 15.8 Å². The zero-order valence-electron chi connectivity index (χ0n) is 10.9. The summed E-state index contributed by atoms with van der Waals surface area (Å²) in [5, 5.41) is 35.5. The summed E-state index contributed by atoms with van der Waals surface area (Å²) in [7, 11) is 0. The van der Waals surface area contributed by atoms with Gasteiger partial charge >= 0.3 is 5.95 Å². The van der Waals surface area contributed by atoms with Crippen molar-refractivity contribution in [2.75, 3.05) is 0 Å². The third-order valence-corrected chi connectivity index (χ3v) is 2.54. The lowest BCUT2D eigenvalue weighted by molar-refractivity contribution is -0.545. The second kappa shape index (κ2) is 5.86. The van der Waals surface area contributed by atoms with Crippen LogP contribution >= 0.6 is 0 Å². The smallest absolute Gasteiger partial charge is 0.313 e. The van der Waals surface area contributed by atoms with Gasteiger partial charge in [0.2, 0.25) is 0 Å². The second-order valence-electron chi connectivity index (χ2n) is 4.07. The van der Waals surface area contributed by atoms with Gasteiger partial charge in [-0.15, -0.1) is 15.3 Å². The molecule has 0 saturated heterocycles. The minimum absolute atomic E-state index is 0.0134. The maximum absolute atomic E-state index is 11.3. The first kappa shape index (κ1) is 14.2. The van der Waals surface area contributed by atoms with Gasteiger partial charge in [-0.25, -0.2) is 0 Å². The van der Waals surface area contributed by atoms with Crippen LogP contribution in [0.25, 0.3) is 0 Å². The van der Waals surface area contributed by atoms with Crippen molar-refractivity contribution in [1.29, 1.82) is 0 Å². The predicted molar refractivity (Wildman–Crippen MR) is 66.7 cm³/mol. The van der Waals surface area contributed by atoms with Crippen LogP contribution in [0.4, 0.5) is 11.6 Å². The molecule has 0 radical (unpaired) electrons. The molecule has 0 unspecified atom stereocenters. The number of aryl methyl sites for hydroxylation is 1. The minimum Gasteiger partial charge on any atom is -0.868 e. The van der Waals surface area contributed by atoms with E-state index >= 15 is 0 Å². The fraction of sp³-hybridized carbons (Fsp3) is 0.182. The molecular weight excluding hydrogens is 280 g/mol. The van der Waals surface area contributed by atoms with E-state index in [2.05, 4.69) is 25.4 Å². The van der Waals surface area contributed by atoms with E-state index in [9.17, 15) is 20.0 Å². The molecule has 1 aromatic heterocycles. The largest absolute Gasteiger partial charge is 0.868 e. The standard InChI is InChI=1S/C11H10N6O4/c1-6-10(19)13-11(16-14-6)15-12-5-7-2-3-9(18)8(4-7)17(20)21/h2-4,18H,5H2,1H3,(H,13,16,19). The van der Waals surface area contributed by atoms with Gasteiger partial charge in [0.1, 0.15) is 5.69 Å². The van der Waals surface area contributed by atoms with E-state index in [0.717, 1.165) is 12.1 Å². The van der Waals surface area contributed by atoms with Crippen LogP contribution in [0.5, 0.6) is 5.75 Å². The van der Waals surface area contributed by atoms with Crippen molar-refractivity contribution in [3.05, 3.63) is 49.9 Å². The fourth-order valence-corrected chi connectivity index (χ4v) is 1.46. The van der Waals surface area contributed by atoms with E-state index in [1.165, 1.54) is 13.0 Å². The quantitative estimate of drug-likeness (QED) is 0.411. The van der Waals surface area contributed by atoms with Gasteiger partial charge in [-0.1, -0.05) is 12.1 Å². The highest BCUT2D eigenvalue weighted by molar-refractivity contribution is 5.46. The van der Waals surface area contributed by atoms with Crippen molar-refractivity contribution >= 4 is 11.6 Å². The van der Waals surface area contributed by atoms with Crippen LogP contribution in [-0.4, -0.2) is 20.1 Å². The number of azo groups is 1. The van der Waals surface area contributed by atoms with Crippen LogP contribution in [0.15, 0.2) is 28.1 Å². The van der Waals surface area contributed by atoms with E-state index in [0.29, 0.717) is 5.56 Å². The number of aromatic nitrogens is 3. The van der Waals surface area contributed by atoms with Gasteiger partial charge in [0.15, 0.2) is 6.54 Å². The molecule has 1 aromatic carbocycles. The topological polar surface area (TPSA) is 151 Å². The molecule has 0 atom stereocenters. The molecule has 108 valence electrons. The Morgan fingerprint density at radius 1 is 1.43 bits per heavy atom. The van der Waals surface area contributed by atoms with E-state index < -0.39 is 21.9 Å². The summed E-state index contributed by atoms with van der Waals surface area (Å²) in [6.45, 7) is 1.63. The first-order valence-electron chi connectivity index (χ1n) is 5.79. The van der Waals surface area contributed by atoms with Crippen LogP contribution in [0.1, 0.15) is 11.3 Å². The van der Waals surface area contributed by atoms with Gasteiger partial charge < -0.3 is 5.11 Å². The molecule has 21 heavy (non-hydrogen) atoms. The van der Waals surface area contributed by atoms with Crippen LogP contribution in [0.2, 0.25) is 0 Å². The molecule has 10 heteroatoms. The van der Waals surface area contributed by atoms with Crippen LogP contribution in [0.3, 0.4) is 0 Å². The summed E-state index contributed by atoms with van der Waals surface area (Å²) in [6.07, 6.45) is 0. The number of hydrogen-bond donors (Lipinski definition) is 2. The SMILES string of the molecule is Cc1nnc(N=[NH+]Cc2ccc([O-])c([N+](=O)[O-])c2)[nH]c1=O. The minimum atomic E-state index is -0.744. The highest BCUT2D eigenvalue weighted by atomic mass is 16.6. The number of nitro groups is 1. The van der Waals surface area contributed by atoms with Gasteiger partial charge in [0.05, 0.1) is 4.92 Å². The third kappa shape index (κ3) is 3.43. The van der Waals surface area contributed by atoms with E-state index in [-0.39, 0.29) is 18.2 Å². The first-order chi connectivity index (χ1) is 9.97. The van der Waals surface area contributed by atoms with Gasteiger partial charge in [0, 0.05) is 16.7 Å². The molecule has 0 aliphatic rings. The number of nitrogens with one attached hydrogen (secondary N) is 2. The zero-order valence-corrected chi connectivity index (χ0v) is 10.9. The first-order valence-corrected chi connectivity index (χ1v) is 5.79. The lowest BCUT2D eigenvalue weighted by Gasteiger charge is -2.05.